The lowest BCUT2D eigenvalue weighted by molar-refractivity contribution is 0.468. The molecule has 1 fully saturated rings. The summed E-state index contributed by atoms with van der Waals surface area (Å²) in [6, 6.07) is 10.6. The molecule has 1 aromatic rings. The molecule has 0 unspecified atom stereocenters. The highest BCUT2D eigenvalue weighted by Crippen LogP contribution is 2.20. The highest BCUT2D eigenvalue weighted by atomic mass is 32.2. The molecule has 1 heterocycles. The van der Waals surface area contributed by atoms with Crippen molar-refractivity contribution >= 4 is 40.1 Å². The normalized spacial score (nSPS) is 15.8. The molecular formula is C12H15NS3. The van der Waals surface area contributed by atoms with Gasteiger partial charge in [0, 0.05) is 23.7 Å². The first kappa shape index (κ1) is 12.3. The molecule has 0 amide bonds. The van der Waals surface area contributed by atoms with Crippen LogP contribution in [0.2, 0.25) is 0 Å². The molecule has 1 aliphatic heterocycles. The maximum absolute atomic E-state index is 5.27. The zero-order valence-corrected chi connectivity index (χ0v) is 11.5. The summed E-state index contributed by atoms with van der Waals surface area (Å²) in [4.78, 5) is 3.69. The van der Waals surface area contributed by atoms with E-state index in [1.807, 2.05) is 23.5 Å². The van der Waals surface area contributed by atoms with Crippen molar-refractivity contribution in [2.45, 2.75) is 11.3 Å². The summed E-state index contributed by atoms with van der Waals surface area (Å²) in [6.07, 6.45) is 1.21. The Morgan fingerprint density at radius 2 is 2.12 bits per heavy atom. The fraction of sp³-hybridized carbons (Fsp3) is 0.417. The van der Waals surface area contributed by atoms with Gasteiger partial charge in [-0.25, -0.2) is 0 Å². The zero-order chi connectivity index (χ0) is 11.2. The van der Waals surface area contributed by atoms with Crippen molar-refractivity contribution in [3.63, 3.8) is 0 Å². The minimum atomic E-state index is 1.09. The first-order valence-electron chi connectivity index (χ1n) is 5.46. The zero-order valence-electron chi connectivity index (χ0n) is 9.09. The van der Waals surface area contributed by atoms with Gasteiger partial charge in [-0.05, 0) is 24.3 Å². The topological polar surface area (TPSA) is 3.24 Å². The molecule has 1 nitrogen and oxygen atoms in total. The fourth-order valence-corrected chi connectivity index (χ4v) is 3.73. The Bertz CT molecular complexity index is 339. The van der Waals surface area contributed by atoms with Gasteiger partial charge in [0.25, 0.3) is 0 Å². The molecule has 1 saturated heterocycles. The smallest absolute Gasteiger partial charge is 0.136 e. The third kappa shape index (κ3) is 3.68. The van der Waals surface area contributed by atoms with Crippen LogP contribution in [0, 0.1) is 0 Å². The van der Waals surface area contributed by atoms with Crippen LogP contribution in [0.15, 0.2) is 35.2 Å². The Morgan fingerprint density at radius 3 is 2.81 bits per heavy atom. The Balaban J connectivity index is 1.64. The van der Waals surface area contributed by atoms with Gasteiger partial charge in [0.05, 0.1) is 0 Å². The summed E-state index contributed by atoms with van der Waals surface area (Å²) in [5, 5.41) is 0. The standard InChI is InChI=1S/C12H15NS3/c14-12-13(8-10-16-12)7-4-9-15-11-5-2-1-3-6-11/h1-3,5-6H,4,7-10H2. The van der Waals surface area contributed by atoms with E-state index >= 15 is 0 Å². The summed E-state index contributed by atoms with van der Waals surface area (Å²) in [5.74, 6) is 2.35. The van der Waals surface area contributed by atoms with E-state index < -0.39 is 0 Å². The quantitative estimate of drug-likeness (QED) is 0.457. The maximum atomic E-state index is 5.27. The molecular weight excluding hydrogens is 254 g/mol. The van der Waals surface area contributed by atoms with Crippen molar-refractivity contribution < 1.29 is 0 Å². The lowest BCUT2D eigenvalue weighted by Gasteiger charge is -2.15. The van der Waals surface area contributed by atoms with Crippen LogP contribution in [0.1, 0.15) is 6.42 Å². The van der Waals surface area contributed by atoms with Gasteiger partial charge in [0.2, 0.25) is 0 Å². The van der Waals surface area contributed by atoms with E-state index in [2.05, 4.69) is 35.2 Å². The average Bonchev–Trinajstić information content (AvgIpc) is 2.72. The van der Waals surface area contributed by atoms with Crippen LogP contribution in [0.5, 0.6) is 0 Å². The van der Waals surface area contributed by atoms with Crippen LogP contribution in [0.25, 0.3) is 0 Å². The molecule has 16 heavy (non-hydrogen) atoms. The Kier molecular flexibility index (Phi) is 5.00. The largest absolute Gasteiger partial charge is 0.357 e. The maximum Gasteiger partial charge on any atom is 0.136 e. The van der Waals surface area contributed by atoms with Crippen molar-refractivity contribution in [1.29, 1.82) is 0 Å². The van der Waals surface area contributed by atoms with E-state index in [1.165, 1.54) is 22.8 Å². The van der Waals surface area contributed by atoms with E-state index in [0.29, 0.717) is 0 Å². The first-order chi connectivity index (χ1) is 7.86. The molecule has 0 radical (unpaired) electrons. The van der Waals surface area contributed by atoms with Gasteiger partial charge in [-0.2, -0.15) is 0 Å². The van der Waals surface area contributed by atoms with Gasteiger partial charge in [-0.3, -0.25) is 0 Å². The van der Waals surface area contributed by atoms with Gasteiger partial charge < -0.3 is 4.90 Å². The van der Waals surface area contributed by atoms with E-state index in [9.17, 15) is 0 Å². The van der Waals surface area contributed by atoms with E-state index in [1.54, 1.807) is 0 Å². The first-order valence-corrected chi connectivity index (χ1v) is 7.84. The number of benzene rings is 1. The SMILES string of the molecule is S=C1SCCN1CCCSc1ccccc1. The highest BCUT2D eigenvalue weighted by Gasteiger charge is 2.16. The average molecular weight is 269 g/mol. The summed E-state index contributed by atoms with van der Waals surface area (Å²) in [6.45, 7) is 2.26. The second-order valence-electron chi connectivity index (χ2n) is 3.62. The molecule has 0 saturated carbocycles. The van der Waals surface area contributed by atoms with Crippen molar-refractivity contribution in [3.05, 3.63) is 30.3 Å². The highest BCUT2D eigenvalue weighted by molar-refractivity contribution is 8.23. The van der Waals surface area contributed by atoms with Crippen molar-refractivity contribution in [2.75, 3.05) is 24.6 Å². The minimum Gasteiger partial charge on any atom is -0.357 e. The lowest BCUT2D eigenvalue weighted by atomic mass is 10.4. The second kappa shape index (κ2) is 6.52. The van der Waals surface area contributed by atoms with E-state index in [0.717, 1.165) is 17.4 Å². The summed E-state index contributed by atoms with van der Waals surface area (Å²) < 4.78 is 1.09. The third-order valence-corrected chi connectivity index (χ3v) is 5.03. The second-order valence-corrected chi connectivity index (χ2v) is 6.51. The van der Waals surface area contributed by atoms with Crippen molar-refractivity contribution in [1.82, 2.24) is 4.90 Å². The summed E-state index contributed by atoms with van der Waals surface area (Å²) >= 11 is 9.00. The van der Waals surface area contributed by atoms with E-state index in [-0.39, 0.29) is 0 Å². The van der Waals surface area contributed by atoms with Crippen molar-refractivity contribution in [3.8, 4) is 0 Å². The Morgan fingerprint density at radius 1 is 1.31 bits per heavy atom. The lowest BCUT2D eigenvalue weighted by Crippen LogP contribution is -2.24. The van der Waals surface area contributed by atoms with Gasteiger partial charge in [-0.15, -0.1) is 11.8 Å². The number of rotatable bonds is 5. The molecule has 0 atom stereocenters. The number of hydrogen-bond donors (Lipinski definition) is 0. The predicted octanol–water partition coefficient (Wildman–Crippen LogP) is 3.50. The predicted molar refractivity (Wildman–Crippen MR) is 78.4 cm³/mol. The molecule has 1 aromatic carbocycles. The van der Waals surface area contributed by atoms with Crippen LogP contribution in [0.4, 0.5) is 0 Å². The summed E-state index contributed by atoms with van der Waals surface area (Å²) in [7, 11) is 0. The Hall–Kier alpha value is -0.190. The van der Waals surface area contributed by atoms with Crippen LogP contribution >= 0.6 is 35.7 Å². The number of hydrogen-bond acceptors (Lipinski definition) is 3. The van der Waals surface area contributed by atoms with Crippen LogP contribution < -0.4 is 0 Å². The van der Waals surface area contributed by atoms with E-state index in [4.69, 9.17) is 12.2 Å². The molecule has 0 spiro atoms. The molecule has 0 aromatic heterocycles. The molecule has 86 valence electrons. The summed E-state index contributed by atoms with van der Waals surface area (Å²) in [5.41, 5.74) is 0. The molecule has 0 aliphatic carbocycles. The third-order valence-electron chi connectivity index (χ3n) is 2.43. The number of thiocarbonyl (C=S) groups is 1. The monoisotopic (exact) mass is 269 g/mol. The van der Waals surface area contributed by atoms with Gasteiger partial charge in [0.1, 0.15) is 4.32 Å². The number of nitrogens with zero attached hydrogens (tertiary/aromatic N) is 1. The number of thioether (sulfide) groups is 2. The fourth-order valence-electron chi connectivity index (χ4n) is 1.59. The molecule has 0 bridgehead atoms. The van der Waals surface area contributed by atoms with Crippen LogP contribution in [-0.4, -0.2) is 33.8 Å². The molecule has 1 aliphatic rings. The van der Waals surface area contributed by atoms with Gasteiger partial charge in [-0.1, -0.05) is 42.2 Å². The van der Waals surface area contributed by atoms with Crippen molar-refractivity contribution in [2.24, 2.45) is 0 Å². The minimum absolute atomic E-state index is 1.09. The van der Waals surface area contributed by atoms with Gasteiger partial charge in [0.15, 0.2) is 0 Å². The van der Waals surface area contributed by atoms with Crippen LogP contribution in [-0.2, 0) is 0 Å². The van der Waals surface area contributed by atoms with Gasteiger partial charge >= 0.3 is 0 Å². The molecule has 0 N–H and O–H groups in total. The molecule has 4 heteroatoms. The Labute approximate surface area is 111 Å². The van der Waals surface area contributed by atoms with Crippen LogP contribution in [0.3, 0.4) is 0 Å². The molecule has 2 rings (SSSR count).